The van der Waals surface area contributed by atoms with E-state index in [0.717, 1.165) is 173 Å². The van der Waals surface area contributed by atoms with E-state index in [1.807, 2.05) is 0 Å². The molecule has 0 N–H and O–H groups in total. The Bertz CT molecular complexity index is 8910. The molecular weight excluding hydrogens is 1670 g/mol. The predicted molar refractivity (Wildman–Crippen MR) is 577 cm³/mol. The van der Waals surface area contributed by atoms with Crippen molar-refractivity contribution >= 4 is 131 Å². The molecule has 7 heterocycles. The maximum absolute atomic E-state index is 5.75. The molecule has 28 rings (SSSR count). The van der Waals surface area contributed by atoms with Crippen molar-refractivity contribution in [3.05, 3.63) is 497 Å². The van der Waals surface area contributed by atoms with Gasteiger partial charge in [0.25, 0.3) is 0 Å². The van der Waals surface area contributed by atoms with Crippen LogP contribution in [0.5, 0.6) is 0 Å². The van der Waals surface area contributed by atoms with E-state index in [1.165, 1.54) is 87.2 Å². The van der Waals surface area contributed by atoms with Crippen molar-refractivity contribution < 1.29 is 0 Å². The fourth-order valence-electron chi connectivity index (χ4n) is 22.3. The number of hydrogen-bond acceptors (Lipinski definition) is 2. The highest BCUT2D eigenvalue weighted by Crippen LogP contribution is 2.47. The van der Waals surface area contributed by atoms with Gasteiger partial charge in [0.2, 0.25) is 0 Å². The Morgan fingerprint density at radius 1 is 0.116 bits per heavy atom. The van der Waals surface area contributed by atoms with Gasteiger partial charge in [-0.1, -0.05) is 291 Å². The van der Waals surface area contributed by atoms with Gasteiger partial charge in [-0.25, -0.2) is 9.97 Å². The predicted octanol–water partition coefficient (Wildman–Crippen LogP) is 34.1. The molecule has 138 heavy (non-hydrogen) atoms. The Balaban J connectivity index is 0.615. The fraction of sp³-hybridized carbons (Fsp3) is 0. The first-order chi connectivity index (χ1) is 68.4. The molecule has 8 heteroatoms. The minimum absolute atomic E-state index is 0.613. The maximum atomic E-state index is 5.75. The van der Waals surface area contributed by atoms with Crippen LogP contribution in [0.3, 0.4) is 0 Å². The topological polar surface area (TPSA) is 55.4 Å². The van der Waals surface area contributed by atoms with Crippen LogP contribution in [0.25, 0.3) is 266 Å². The van der Waals surface area contributed by atoms with E-state index >= 15 is 0 Å². The molecular formula is C130H82N8. The number of aromatic nitrogens is 8. The maximum Gasteiger partial charge on any atom is 0.160 e. The zero-order valence-electron chi connectivity index (χ0n) is 74.9. The van der Waals surface area contributed by atoms with Crippen molar-refractivity contribution in [2.24, 2.45) is 0 Å². The summed E-state index contributed by atoms with van der Waals surface area (Å²) in [5.41, 5.74) is 38.3. The molecule has 0 atom stereocenters. The Morgan fingerprint density at radius 3 is 0.630 bits per heavy atom. The lowest BCUT2D eigenvalue weighted by atomic mass is 9.93. The van der Waals surface area contributed by atoms with E-state index in [2.05, 4.69) is 525 Å². The number of rotatable bonds is 15. The summed E-state index contributed by atoms with van der Waals surface area (Å²) in [5, 5.41) is 14.3. The van der Waals surface area contributed by atoms with Crippen molar-refractivity contribution in [2.45, 2.75) is 0 Å². The second-order valence-corrected chi connectivity index (χ2v) is 36.3. The fourth-order valence-corrected chi connectivity index (χ4v) is 22.3. The number of benzene rings is 21. The summed E-state index contributed by atoms with van der Waals surface area (Å²) in [6, 6.07) is 183. The van der Waals surface area contributed by atoms with Gasteiger partial charge < -0.3 is 27.4 Å². The molecule has 0 bridgehead atoms. The quantitative estimate of drug-likeness (QED) is 0.103. The first-order valence-electron chi connectivity index (χ1n) is 47.3. The Labute approximate surface area is 794 Å². The van der Waals surface area contributed by atoms with Gasteiger partial charge in [-0.05, 0) is 273 Å². The van der Waals surface area contributed by atoms with Gasteiger partial charge in [0.1, 0.15) is 0 Å². The van der Waals surface area contributed by atoms with Crippen LogP contribution in [0, 0.1) is 0 Å². The zero-order valence-corrected chi connectivity index (χ0v) is 74.9. The largest absolute Gasteiger partial charge is 0.309 e. The van der Waals surface area contributed by atoms with Crippen LogP contribution >= 0.6 is 0 Å². The van der Waals surface area contributed by atoms with Gasteiger partial charge >= 0.3 is 0 Å². The molecule has 0 saturated carbocycles. The molecule has 0 saturated heterocycles. The first-order valence-corrected chi connectivity index (χ1v) is 47.3. The van der Waals surface area contributed by atoms with E-state index in [4.69, 9.17) is 9.97 Å². The normalized spacial score (nSPS) is 11.9. The number of para-hydroxylation sites is 8. The Hall–Kier alpha value is -18.5. The smallest absolute Gasteiger partial charge is 0.160 e. The molecule has 7 aromatic heterocycles. The van der Waals surface area contributed by atoms with Crippen molar-refractivity contribution in [3.63, 3.8) is 0 Å². The molecule has 642 valence electrons. The third-order valence-corrected chi connectivity index (χ3v) is 28.6. The van der Waals surface area contributed by atoms with Crippen LogP contribution in [0.2, 0.25) is 0 Å². The molecule has 0 unspecified atom stereocenters. The van der Waals surface area contributed by atoms with Crippen molar-refractivity contribution in [2.75, 3.05) is 0 Å². The van der Waals surface area contributed by atoms with Gasteiger partial charge in [-0.15, -0.1) is 0 Å². The van der Waals surface area contributed by atoms with Crippen LogP contribution < -0.4 is 0 Å². The van der Waals surface area contributed by atoms with Crippen LogP contribution in [0.4, 0.5) is 0 Å². The van der Waals surface area contributed by atoms with Gasteiger partial charge in [0, 0.05) is 115 Å². The van der Waals surface area contributed by atoms with E-state index in [-0.39, 0.29) is 0 Å². The Kier molecular flexibility index (Phi) is 17.9. The summed E-state index contributed by atoms with van der Waals surface area (Å²) >= 11 is 0. The first kappa shape index (κ1) is 78.2. The summed E-state index contributed by atoms with van der Waals surface area (Å²) in [6.07, 6.45) is 0. The molecule has 0 radical (unpaired) electrons. The van der Waals surface area contributed by atoms with Crippen LogP contribution in [-0.4, -0.2) is 37.4 Å². The summed E-state index contributed by atoms with van der Waals surface area (Å²) in [6.45, 7) is 0. The molecule has 0 aliphatic carbocycles. The van der Waals surface area contributed by atoms with Crippen molar-refractivity contribution in [3.8, 4) is 135 Å². The summed E-state index contributed by atoms with van der Waals surface area (Å²) in [5.74, 6) is 0.613. The van der Waals surface area contributed by atoms with E-state index in [1.54, 1.807) is 0 Å². The molecule has 0 amide bonds. The average Bonchev–Trinajstić information content (AvgIpc) is 1.58. The molecule has 8 nitrogen and oxygen atoms in total. The minimum atomic E-state index is 0.613. The van der Waals surface area contributed by atoms with Crippen LogP contribution in [0.15, 0.2) is 497 Å². The van der Waals surface area contributed by atoms with Gasteiger partial charge in [0.05, 0.1) is 77.6 Å². The lowest BCUT2D eigenvalue weighted by molar-refractivity contribution is 1.16. The number of nitrogens with zero attached hydrogens (tertiary/aromatic N) is 8. The van der Waals surface area contributed by atoms with Gasteiger partial charge in [-0.2, -0.15) is 0 Å². The SMILES string of the molecule is c1ccc(-c2ccccc2-c2cccc(-c3nc(-c4cccc(-n5c6ccc(-c7ccc8c(c7)c7ccccc7n8-c7ccccc7)cc6c6cc(-c7ccc8c(c7)c7ccccc7n8-c7ccccc7)ccc65)c4)cc(-c4cccc(-n5c6ccc(-c7ccc8c(c7)c7ccccc7n8-c7ccccc7)cc6c6cc(-c7ccc8c(c7)c7ccccc7n8-c7ccccc7)ccc65)c4)n3)c2)cc1. The lowest BCUT2D eigenvalue weighted by Crippen LogP contribution is -1.99. The molecule has 0 aliphatic rings. The van der Waals surface area contributed by atoms with Crippen LogP contribution in [-0.2, 0) is 0 Å². The van der Waals surface area contributed by atoms with Gasteiger partial charge in [0.15, 0.2) is 5.82 Å². The zero-order chi connectivity index (χ0) is 90.6. The highest BCUT2D eigenvalue weighted by atomic mass is 15.0. The monoisotopic (exact) mass is 1750 g/mol. The minimum Gasteiger partial charge on any atom is -0.309 e. The summed E-state index contributed by atoms with van der Waals surface area (Å²) < 4.78 is 14.5. The number of hydrogen-bond donors (Lipinski definition) is 0. The third kappa shape index (κ3) is 12.7. The Morgan fingerprint density at radius 2 is 0.326 bits per heavy atom. The third-order valence-electron chi connectivity index (χ3n) is 28.6. The average molecular weight is 1760 g/mol. The molecule has 0 fully saturated rings. The second-order valence-electron chi connectivity index (χ2n) is 36.3. The second kappa shape index (κ2) is 31.6. The summed E-state index contributed by atoms with van der Waals surface area (Å²) in [7, 11) is 0. The highest BCUT2D eigenvalue weighted by Gasteiger charge is 2.25. The van der Waals surface area contributed by atoms with Crippen molar-refractivity contribution in [1.29, 1.82) is 0 Å². The van der Waals surface area contributed by atoms with E-state index in [0.29, 0.717) is 5.82 Å². The molecule has 0 spiro atoms. The standard InChI is InChI=1S/C130H82N8/c1-6-29-83(30-7-1)102-45-16-17-46-103(102)92-31-26-34-95(71-92)130-131-116(93-32-27-43-100(72-93)137-126-67-59-88(84-55-63-122-108(74-84)104-47-18-22-51-118(104)133(122)96-35-8-2-9-36-96)78-112(126)113-79-89(60-68-127(113)137)85-56-64-123-109(75-85)105-48-19-23-52-119(105)134(123)97-37-10-3-11-38-97)82-117(132-130)94-33-28-44-101(73-94)138-128-69-61-90(86-57-65-124-110(76-86)106-49-20-24-53-120(106)135(124)98-39-12-4-13-40-98)80-114(128)115-81-91(62-70-129(115)138)87-58-66-125-111(77-87)107-50-21-25-54-121(107)136(125)99-41-14-5-15-42-99/h1-82H. The molecule has 0 aliphatic heterocycles. The summed E-state index contributed by atoms with van der Waals surface area (Å²) in [4.78, 5) is 11.5. The highest BCUT2D eigenvalue weighted by molar-refractivity contribution is 6.18. The van der Waals surface area contributed by atoms with Gasteiger partial charge in [-0.3, -0.25) is 0 Å². The number of fused-ring (bicyclic) bond motifs is 18. The van der Waals surface area contributed by atoms with E-state index in [9.17, 15) is 0 Å². The lowest BCUT2D eigenvalue weighted by Gasteiger charge is -2.14. The van der Waals surface area contributed by atoms with Crippen molar-refractivity contribution in [1.82, 2.24) is 37.4 Å². The molecule has 28 aromatic rings. The van der Waals surface area contributed by atoms with Crippen LogP contribution in [0.1, 0.15) is 0 Å². The van der Waals surface area contributed by atoms with E-state index < -0.39 is 0 Å². The molecule has 21 aromatic carbocycles.